The van der Waals surface area contributed by atoms with Crippen molar-refractivity contribution in [1.29, 1.82) is 0 Å². The molecule has 2 amide bonds. The maximum absolute atomic E-state index is 14.1. The molecule has 3 unspecified atom stereocenters. The lowest BCUT2D eigenvalue weighted by Gasteiger charge is -2.75. The van der Waals surface area contributed by atoms with Gasteiger partial charge in [0.15, 0.2) is 0 Å². The van der Waals surface area contributed by atoms with Gasteiger partial charge in [-0.25, -0.2) is 0 Å². The van der Waals surface area contributed by atoms with Crippen molar-refractivity contribution >= 4 is 44.3 Å². The lowest BCUT2D eigenvalue weighted by Crippen LogP contribution is -2.89. The zero-order chi connectivity index (χ0) is 24.9. The maximum Gasteiger partial charge on any atom is 0.253 e. The number of nitrogens with zero attached hydrogens (tertiary/aromatic N) is 4. The number of hydrogen-bond acceptors (Lipinski definition) is 5. The number of benzene rings is 2. The van der Waals surface area contributed by atoms with Crippen LogP contribution < -0.4 is 4.90 Å². The Hall–Kier alpha value is -2.75. The van der Waals surface area contributed by atoms with Gasteiger partial charge in [-0.15, -0.1) is 0 Å². The Kier molecular flexibility index (Phi) is 4.60. The first-order valence-electron chi connectivity index (χ1n) is 13.2. The normalized spacial score (nSPS) is 29.4. The highest BCUT2D eigenvalue weighted by Gasteiger charge is 2.72. The van der Waals surface area contributed by atoms with Crippen LogP contribution in [-0.2, 0) is 14.9 Å². The highest BCUT2D eigenvalue weighted by molar-refractivity contribution is 9.10. The number of halogens is 1. The van der Waals surface area contributed by atoms with Gasteiger partial charge in [0.25, 0.3) is 5.91 Å². The number of aromatic amines is 1. The van der Waals surface area contributed by atoms with Crippen molar-refractivity contribution in [2.24, 2.45) is 0 Å². The Bertz CT molecular complexity index is 1440. The minimum Gasteiger partial charge on any atom is -0.370 e. The third-order valence-electron chi connectivity index (χ3n) is 9.84. The molecule has 0 bridgehead atoms. The molecule has 2 spiro atoms. The largest absolute Gasteiger partial charge is 0.370 e. The Labute approximate surface area is 223 Å². The molecule has 3 saturated heterocycles. The van der Waals surface area contributed by atoms with Gasteiger partial charge >= 0.3 is 0 Å². The topological polar surface area (TPSA) is 81.8 Å². The summed E-state index contributed by atoms with van der Waals surface area (Å²) < 4.78 is 6.90. The van der Waals surface area contributed by atoms with E-state index in [1.54, 1.807) is 6.20 Å². The van der Waals surface area contributed by atoms with Gasteiger partial charge in [-0.05, 0) is 56.0 Å². The van der Waals surface area contributed by atoms with Crippen LogP contribution in [0.1, 0.15) is 41.6 Å². The number of H-pyrrole nitrogens is 1. The molecule has 9 heteroatoms. The van der Waals surface area contributed by atoms with Crippen LogP contribution >= 0.6 is 15.9 Å². The Morgan fingerprint density at radius 1 is 1.14 bits per heavy atom. The number of amides is 2. The van der Waals surface area contributed by atoms with E-state index in [2.05, 4.69) is 37.1 Å². The van der Waals surface area contributed by atoms with Gasteiger partial charge < -0.3 is 14.5 Å². The Morgan fingerprint density at radius 3 is 2.73 bits per heavy atom. The minimum atomic E-state index is -0.588. The summed E-state index contributed by atoms with van der Waals surface area (Å²) in [5.74, 6) is 0.198. The summed E-state index contributed by atoms with van der Waals surface area (Å²) in [7, 11) is 0. The predicted octanol–water partition coefficient (Wildman–Crippen LogP) is 3.46. The van der Waals surface area contributed by atoms with Crippen LogP contribution in [0.2, 0.25) is 0 Å². The fraction of sp³-hybridized carbons (Fsp3) is 0.464. The maximum atomic E-state index is 14.1. The van der Waals surface area contributed by atoms with Crippen LogP contribution in [-0.4, -0.2) is 82.3 Å². The highest BCUT2D eigenvalue weighted by atomic mass is 79.9. The second-order valence-corrected chi connectivity index (χ2v) is 12.1. The number of anilines is 1. The summed E-state index contributed by atoms with van der Waals surface area (Å²) in [6.45, 7) is 3.52. The first kappa shape index (κ1) is 22.3. The van der Waals surface area contributed by atoms with E-state index in [9.17, 15) is 9.59 Å². The molecule has 37 heavy (non-hydrogen) atoms. The third-order valence-corrected chi connectivity index (χ3v) is 10.5. The van der Waals surface area contributed by atoms with Crippen molar-refractivity contribution in [3.63, 3.8) is 0 Å². The van der Waals surface area contributed by atoms with E-state index < -0.39 is 5.41 Å². The molecule has 8 nitrogen and oxygen atoms in total. The van der Waals surface area contributed by atoms with E-state index in [0.717, 1.165) is 39.8 Å². The summed E-state index contributed by atoms with van der Waals surface area (Å²) in [6, 6.07) is 12.9. The number of piperidine rings is 2. The number of likely N-dealkylation sites (tertiary alicyclic amines) is 2. The quantitative estimate of drug-likeness (QED) is 0.527. The lowest BCUT2D eigenvalue weighted by molar-refractivity contribution is -0.367. The first-order chi connectivity index (χ1) is 18.0. The summed E-state index contributed by atoms with van der Waals surface area (Å²) in [5.41, 5.74) is 3.26. The van der Waals surface area contributed by atoms with Gasteiger partial charge in [-0.2, -0.15) is 5.10 Å². The number of morpholine rings is 1. The van der Waals surface area contributed by atoms with E-state index in [1.165, 1.54) is 12.8 Å². The number of aromatic nitrogens is 2. The van der Waals surface area contributed by atoms with Crippen molar-refractivity contribution in [3.8, 4) is 0 Å². The van der Waals surface area contributed by atoms with Crippen molar-refractivity contribution < 1.29 is 14.3 Å². The molecule has 5 heterocycles. The van der Waals surface area contributed by atoms with Crippen molar-refractivity contribution in [3.05, 3.63) is 58.2 Å². The van der Waals surface area contributed by atoms with Crippen molar-refractivity contribution in [1.82, 2.24) is 20.0 Å². The molecule has 4 aliphatic heterocycles. The average Bonchev–Trinajstić information content (AvgIpc) is 3.43. The van der Waals surface area contributed by atoms with E-state index >= 15 is 0 Å². The van der Waals surface area contributed by atoms with E-state index in [4.69, 9.17) is 4.74 Å². The Balaban J connectivity index is 1.02. The first-order valence-corrected chi connectivity index (χ1v) is 14.0. The van der Waals surface area contributed by atoms with E-state index in [-0.39, 0.29) is 17.4 Å². The molecule has 8 rings (SSSR count). The molecule has 1 saturated carbocycles. The molecule has 2 aromatic carbocycles. The third kappa shape index (κ3) is 2.82. The number of nitrogens with one attached hydrogen (secondary N) is 1. The second kappa shape index (κ2) is 7.65. The minimum absolute atomic E-state index is 0.0112. The molecule has 190 valence electrons. The summed E-state index contributed by atoms with van der Waals surface area (Å²) in [6.07, 6.45) is 5.38. The molecule has 5 aliphatic rings. The zero-order valence-electron chi connectivity index (χ0n) is 20.5. The van der Waals surface area contributed by atoms with Gasteiger partial charge in [-0.1, -0.05) is 22.0 Å². The molecule has 4 fully saturated rings. The van der Waals surface area contributed by atoms with Crippen LogP contribution in [0.25, 0.3) is 10.9 Å². The van der Waals surface area contributed by atoms with Gasteiger partial charge in [-0.3, -0.25) is 19.6 Å². The van der Waals surface area contributed by atoms with Gasteiger partial charge in [0.1, 0.15) is 5.60 Å². The predicted molar refractivity (Wildman–Crippen MR) is 142 cm³/mol. The van der Waals surface area contributed by atoms with Crippen molar-refractivity contribution in [2.75, 3.05) is 37.7 Å². The van der Waals surface area contributed by atoms with Crippen LogP contribution in [0.4, 0.5) is 5.69 Å². The molecular formula is C28H28BrN5O3. The van der Waals surface area contributed by atoms with Gasteiger partial charge in [0.05, 0.1) is 29.8 Å². The monoisotopic (exact) mass is 561 g/mol. The number of fused-ring (bicyclic) bond motifs is 3. The summed E-state index contributed by atoms with van der Waals surface area (Å²) in [5, 5.41) is 7.91. The summed E-state index contributed by atoms with van der Waals surface area (Å²) in [4.78, 5) is 34.0. The van der Waals surface area contributed by atoms with E-state index in [0.29, 0.717) is 50.1 Å². The molecule has 3 aromatic rings. The van der Waals surface area contributed by atoms with Crippen molar-refractivity contribution in [2.45, 2.75) is 48.8 Å². The standard InChI is InChI=1S/C28H28BrN5O3/c29-19-2-1-3-21-24(19)27(26(36)33(21)12-13-34-22-6-7-28(22)23(34)16-37-28)8-10-32(11-9-27)25(35)17-4-5-20-18(14-17)15-30-31-20/h1-5,14-15,22-23H,6-13,16H2,(H,30,31). The SMILES string of the molecule is O=C(c1ccc2[nH]ncc2c1)N1CCC2(CC1)C(=O)N(CCN1C3CCC34OCC14)c1cccc(Br)c12. The number of carbonyl (C=O) groups excluding carboxylic acids is 2. The second-order valence-electron chi connectivity index (χ2n) is 11.2. The lowest BCUT2D eigenvalue weighted by atomic mass is 9.58. The zero-order valence-corrected chi connectivity index (χ0v) is 22.0. The van der Waals surface area contributed by atoms with Crippen LogP contribution in [0.3, 0.4) is 0 Å². The average molecular weight is 562 g/mol. The molecule has 0 radical (unpaired) electrons. The van der Waals surface area contributed by atoms with Crippen LogP contribution in [0.15, 0.2) is 47.1 Å². The summed E-state index contributed by atoms with van der Waals surface area (Å²) >= 11 is 3.77. The van der Waals surface area contributed by atoms with Crippen LogP contribution in [0, 0.1) is 0 Å². The van der Waals surface area contributed by atoms with E-state index in [1.807, 2.05) is 40.1 Å². The smallest absolute Gasteiger partial charge is 0.253 e. The van der Waals surface area contributed by atoms with Gasteiger partial charge in [0, 0.05) is 58.9 Å². The number of ether oxygens (including phenoxy) is 1. The fourth-order valence-electron chi connectivity index (χ4n) is 7.69. The highest BCUT2D eigenvalue weighted by Crippen LogP contribution is 2.59. The fourth-order valence-corrected chi connectivity index (χ4v) is 8.43. The number of carbonyl (C=O) groups is 2. The Morgan fingerprint density at radius 2 is 2.00 bits per heavy atom. The molecule has 3 atom stereocenters. The number of hydrogen-bond donors (Lipinski definition) is 1. The molecule has 1 aliphatic carbocycles. The van der Waals surface area contributed by atoms with Gasteiger partial charge in [0.2, 0.25) is 5.91 Å². The molecule has 1 N–H and O–H groups in total. The number of rotatable bonds is 4. The van der Waals surface area contributed by atoms with Crippen LogP contribution in [0.5, 0.6) is 0 Å². The molecular weight excluding hydrogens is 534 g/mol. The molecule has 1 aromatic heterocycles.